The van der Waals surface area contributed by atoms with Crippen molar-refractivity contribution in [1.82, 2.24) is 4.90 Å². The second-order valence-corrected chi connectivity index (χ2v) is 10.2. The number of hydrogen-bond acceptors (Lipinski definition) is 7. The Balaban J connectivity index is 1.75. The zero-order valence-corrected chi connectivity index (χ0v) is 19.9. The summed E-state index contributed by atoms with van der Waals surface area (Å²) in [5.74, 6) is -1.34. The van der Waals surface area contributed by atoms with Gasteiger partial charge in [0.05, 0.1) is 17.5 Å². The molecule has 7 nitrogen and oxygen atoms in total. The Morgan fingerprint density at radius 2 is 1.84 bits per heavy atom. The van der Waals surface area contributed by atoms with E-state index in [9.17, 15) is 19.2 Å². The zero-order valence-electron chi connectivity index (χ0n) is 19.0. The number of esters is 2. The number of benzene rings is 1. The van der Waals surface area contributed by atoms with Gasteiger partial charge in [-0.3, -0.25) is 24.1 Å². The first-order chi connectivity index (χ1) is 15.0. The van der Waals surface area contributed by atoms with Gasteiger partial charge in [0.15, 0.2) is 5.78 Å². The molecule has 2 aliphatic heterocycles. The Morgan fingerprint density at radius 1 is 1.19 bits per heavy atom. The molecule has 2 heterocycles. The first kappa shape index (κ1) is 24.0. The van der Waals surface area contributed by atoms with Gasteiger partial charge in [-0.05, 0) is 12.5 Å². The Bertz CT molecular complexity index is 949. The van der Waals surface area contributed by atoms with Gasteiger partial charge in [0.25, 0.3) is 0 Å². The average molecular weight is 460 g/mol. The number of hydrogen-bond donors (Lipinski definition) is 0. The number of allylic oxidation sites excluding steroid dienone is 1. The Hall–Kier alpha value is -2.61. The first-order valence-electron chi connectivity index (χ1n) is 10.6. The largest absolute Gasteiger partial charge is 0.461 e. The molecule has 1 aromatic rings. The molecule has 1 unspecified atom stereocenters. The van der Waals surface area contributed by atoms with Crippen LogP contribution in [0.15, 0.2) is 41.6 Å². The molecule has 1 saturated heterocycles. The second kappa shape index (κ2) is 9.48. The molecule has 0 aliphatic carbocycles. The molecule has 1 fully saturated rings. The summed E-state index contributed by atoms with van der Waals surface area (Å²) >= 11 is 1.49. The molecular formula is C24H29NO6S. The molecule has 1 aromatic carbocycles. The highest BCUT2D eigenvalue weighted by molar-refractivity contribution is 8.00. The standard InChI is InChI=1S/C24H29NO6S/c1-14(31-18(27)11-16-9-7-6-8-10-16)19-22(29)25-20(21(28)24(3,4)5)17(12-30-15(2)26)13-32-23(19)25/h6-10,14,19,23H,11-13H2,1-5H3/t14?,19-,23-/m0/s1. The third-order valence-electron chi connectivity index (χ3n) is 5.45. The molecular weight excluding hydrogens is 430 g/mol. The van der Waals surface area contributed by atoms with Crippen molar-refractivity contribution in [2.45, 2.75) is 52.5 Å². The number of carbonyl (C=O) groups excluding carboxylic acids is 4. The van der Waals surface area contributed by atoms with Crippen molar-refractivity contribution in [2.24, 2.45) is 11.3 Å². The van der Waals surface area contributed by atoms with Crippen LogP contribution in [0.25, 0.3) is 0 Å². The van der Waals surface area contributed by atoms with Crippen molar-refractivity contribution in [3.63, 3.8) is 0 Å². The van der Waals surface area contributed by atoms with Crippen molar-refractivity contribution in [3.8, 4) is 0 Å². The van der Waals surface area contributed by atoms with Crippen LogP contribution in [-0.4, -0.2) is 52.4 Å². The molecule has 1 amide bonds. The van der Waals surface area contributed by atoms with E-state index in [4.69, 9.17) is 9.47 Å². The van der Waals surface area contributed by atoms with Crippen LogP contribution >= 0.6 is 11.8 Å². The molecule has 0 N–H and O–H groups in total. The average Bonchev–Trinajstić information content (AvgIpc) is 2.70. The maximum Gasteiger partial charge on any atom is 0.310 e. The molecule has 172 valence electrons. The van der Waals surface area contributed by atoms with Crippen LogP contribution in [0.3, 0.4) is 0 Å². The van der Waals surface area contributed by atoms with Gasteiger partial charge in [0.1, 0.15) is 18.6 Å². The summed E-state index contributed by atoms with van der Waals surface area (Å²) in [4.78, 5) is 51.5. The SMILES string of the molecule is CC(=O)OCC1=C(C(=O)C(C)(C)C)N2C(=O)[C@H](C(C)OC(=O)Cc3ccccc3)[C@@H]2SC1. The predicted molar refractivity (Wildman–Crippen MR) is 120 cm³/mol. The van der Waals surface area contributed by atoms with Gasteiger partial charge in [-0.25, -0.2) is 0 Å². The number of fused-ring (bicyclic) bond motifs is 1. The summed E-state index contributed by atoms with van der Waals surface area (Å²) in [7, 11) is 0. The summed E-state index contributed by atoms with van der Waals surface area (Å²) < 4.78 is 10.7. The Morgan fingerprint density at radius 3 is 2.44 bits per heavy atom. The van der Waals surface area contributed by atoms with Gasteiger partial charge in [-0.15, -0.1) is 11.8 Å². The summed E-state index contributed by atoms with van der Waals surface area (Å²) in [5.41, 5.74) is 1.07. The number of ketones is 1. The first-order valence-corrected chi connectivity index (χ1v) is 11.6. The van der Waals surface area contributed by atoms with E-state index in [1.165, 1.54) is 23.6 Å². The third kappa shape index (κ3) is 5.06. The van der Waals surface area contributed by atoms with E-state index in [0.29, 0.717) is 17.0 Å². The van der Waals surface area contributed by atoms with Crippen molar-refractivity contribution in [1.29, 1.82) is 0 Å². The van der Waals surface area contributed by atoms with Gasteiger partial charge in [0, 0.05) is 23.7 Å². The maximum atomic E-state index is 13.2. The molecule has 8 heteroatoms. The van der Waals surface area contributed by atoms with Crippen LogP contribution in [0.5, 0.6) is 0 Å². The lowest BCUT2D eigenvalue weighted by atomic mass is 9.83. The van der Waals surface area contributed by atoms with Gasteiger partial charge in [-0.2, -0.15) is 0 Å². The van der Waals surface area contributed by atoms with Gasteiger partial charge >= 0.3 is 11.9 Å². The lowest BCUT2D eigenvalue weighted by Gasteiger charge is -2.52. The minimum Gasteiger partial charge on any atom is -0.461 e. The van der Waals surface area contributed by atoms with Crippen molar-refractivity contribution >= 4 is 35.4 Å². The van der Waals surface area contributed by atoms with Gasteiger partial charge in [0.2, 0.25) is 5.91 Å². The molecule has 3 rings (SSSR count). The van der Waals surface area contributed by atoms with Crippen LogP contribution in [0.1, 0.15) is 40.2 Å². The van der Waals surface area contributed by atoms with E-state index < -0.39 is 29.4 Å². The lowest BCUT2D eigenvalue weighted by Crippen LogP contribution is -2.65. The number of β-lactam (4-membered cyclic amide) rings is 1. The highest BCUT2D eigenvalue weighted by Crippen LogP contribution is 2.47. The molecule has 0 aromatic heterocycles. The molecule has 3 atom stereocenters. The fourth-order valence-electron chi connectivity index (χ4n) is 3.77. The monoisotopic (exact) mass is 459 g/mol. The smallest absolute Gasteiger partial charge is 0.310 e. The topological polar surface area (TPSA) is 90.0 Å². The molecule has 32 heavy (non-hydrogen) atoms. The number of thioether (sulfide) groups is 1. The Labute approximate surface area is 192 Å². The summed E-state index contributed by atoms with van der Waals surface area (Å²) in [6.45, 7) is 8.37. The second-order valence-electron chi connectivity index (χ2n) is 9.10. The number of carbonyl (C=O) groups is 4. The summed E-state index contributed by atoms with van der Waals surface area (Å²) in [5, 5.41) is -0.301. The van der Waals surface area contributed by atoms with E-state index in [2.05, 4.69) is 0 Å². The van der Waals surface area contributed by atoms with E-state index in [1.54, 1.807) is 27.7 Å². The quantitative estimate of drug-likeness (QED) is 0.457. The minimum atomic E-state index is -0.706. The number of Topliss-reactive ketones (excluding diaryl/α,β-unsaturated/α-hetero) is 1. The number of amides is 1. The van der Waals surface area contributed by atoms with Crippen LogP contribution < -0.4 is 0 Å². The predicted octanol–water partition coefficient (Wildman–Crippen LogP) is 3.12. The van der Waals surface area contributed by atoms with E-state index in [0.717, 1.165) is 5.56 Å². The molecule has 0 bridgehead atoms. The van der Waals surface area contributed by atoms with Crippen LogP contribution in [0.4, 0.5) is 0 Å². The maximum absolute atomic E-state index is 13.2. The van der Waals surface area contributed by atoms with E-state index >= 15 is 0 Å². The zero-order chi connectivity index (χ0) is 23.6. The minimum absolute atomic E-state index is 0.0255. The van der Waals surface area contributed by atoms with Crippen molar-refractivity contribution in [2.75, 3.05) is 12.4 Å². The van der Waals surface area contributed by atoms with Crippen LogP contribution in [0.2, 0.25) is 0 Å². The third-order valence-corrected chi connectivity index (χ3v) is 6.81. The van der Waals surface area contributed by atoms with Gasteiger partial charge < -0.3 is 9.47 Å². The van der Waals surface area contributed by atoms with Crippen LogP contribution in [-0.2, 0) is 35.1 Å². The van der Waals surface area contributed by atoms with Crippen LogP contribution in [0, 0.1) is 11.3 Å². The van der Waals surface area contributed by atoms with E-state index in [-0.39, 0.29) is 30.1 Å². The Kier molecular flexibility index (Phi) is 7.12. The molecule has 0 spiro atoms. The van der Waals surface area contributed by atoms with E-state index in [1.807, 2.05) is 30.3 Å². The molecule has 0 radical (unpaired) electrons. The highest BCUT2D eigenvalue weighted by Gasteiger charge is 2.56. The van der Waals surface area contributed by atoms with Gasteiger partial charge in [-0.1, -0.05) is 51.1 Å². The lowest BCUT2D eigenvalue weighted by molar-refractivity contribution is -0.165. The normalized spacial score (nSPS) is 21.4. The number of ether oxygens (including phenoxy) is 2. The van der Waals surface area contributed by atoms with Crippen molar-refractivity contribution < 1.29 is 28.7 Å². The fraction of sp³-hybridized carbons (Fsp3) is 0.500. The summed E-state index contributed by atoms with van der Waals surface area (Å²) in [6.07, 6.45) is -0.484. The highest BCUT2D eigenvalue weighted by atomic mass is 32.2. The number of rotatable bonds is 7. The molecule has 0 saturated carbocycles. The summed E-state index contributed by atoms with van der Waals surface area (Å²) in [6, 6.07) is 9.27. The molecule has 2 aliphatic rings. The fourth-order valence-corrected chi connectivity index (χ4v) is 5.26. The number of nitrogens with zero attached hydrogens (tertiary/aromatic N) is 1. The van der Waals surface area contributed by atoms with Crippen molar-refractivity contribution in [3.05, 3.63) is 47.2 Å².